The number of hydrogen-bond acceptors (Lipinski definition) is 4. The van der Waals surface area contributed by atoms with E-state index in [0.29, 0.717) is 11.1 Å². The van der Waals surface area contributed by atoms with Gasteiger partial charge in [-0.25, -0.2) is 8.42 Å². The molecule has 2 aromatic rings. The molecule has 0 amide bonds. The molecule has 1 heterocycles. The van der Waals surface area contributed by atoms with E-state index < -0.39 is 9.05 Å². The first-order chi connectivity index (χ1) is 7.43. The first-order valence-electron chi connectivity index (χ1n) is 4.13. The van der Waals surface area contributed by atoms with Gasteiger partial charge < -0.3 is 4.74 Å². The van der Waals surface area contributed by atoms with Crippen molar-refractivity contribution in [2.75, 3.05) is 7.11 Å². The zero-order valence-corrected chi connectivity index (χ0v) is 12.0. The lowest BCUT2D eigenvalue weighted by Crippen LogP contribution is -1.91. The van der Waals surface area contributed by atoms with Crippen LogP contribution in [0.25, 0.3) is 10.1 Å². The smallest absolute Gasteiger partial charge is 0.262 e. The fourth-order valence-corrected chi connectivity index (χ4v) is 4.56. The van der Waals surface area contributed by atoms with Gasteiger partial charge in [-0.3, -0.25) is 0 Å². The van der Waals surface area contributed by atoms with Crippen molar-refractivity contribution in [1.82, 2.24) is 0 Å². The summed E-state index contributed by atoms with van der Waals surface area (Å²) in [6.07, 6.45) is 0. The van der Waals surface area contributed by atoms with Crippen molar-refractivity contribution in [3.05, 3.63) is 22.0 Å². The molecule has 0 N–H and O–H groups in total. The van der Waals surface area contributed by atoms with E-state index in [0.717, 1.165) is 9.17 Å². The van der Waals surface area contributed by atoms with Crippen LogP contribution in [-0.4, -0.2) is 15.5 Å². The number of thiophene rings is 1. The highest BCUT2D eigenvalue weighted by Gasteiger charge is 2.19. The summed E-state index contributed by atoms with van der Waals surface area (Å²) in [6, 6.07) is 3.54. The van der Waals surface area contributed by atoms with E-state index >= 15 is 0 Å². The first-order valence-corrected chi connectivity index (χ1v) is 8.11. The molecule has 0 spiro atoms. The van der Waals surface area contributed by atoms with Gasteiger partial charge in [-0.2, -0.15) is 0 Å². The predicted octanol–water partition coefficient (Wildman–Crippen LogP) is 3.60. The second-order valence-electron chi connectivity index (χ2n) is 3.02. The molecule has 3 nitrogen and oxygen atoms in total. The van der Waals surface area contributed by atoms with Crippen molar-refractivity contribution in [3.63, 3.8) is 0 Å². The molecule has 0 radical (unpaired) electrons. The molecule has 0 saturated carbocycles. The van der Waals surface area contributed by atoms with E-state index in [1.165, 1.54) is 23.8 Å². The Morgan fingerprint density at radius 2 is 2.12 bits per heavy atom. The SMILES string of the molecule is COc1cc(Br)cc2scc(S(=O)(=O)Cl)c12. The summed E-state index contributed by atoms with van der Waals surface area (Å²) in [5.74, 6) is 0.491. The van der Waals surface area contributed by atoms with Gasteiger partial charge >= 0.3 is 0 Å². The third-order valence-electron chi connectivity index (χ3n) is 2.05. The van der Waals surface area contributed by atoms with Crippen molar-refractivity contribution >= 4 is 57.1 Å². The summed E-state index contributed by atoms with van der Waals surface area (Å²) in [5.41, 5.74) is 0. The molecule has 0 aliphatic carbocycles. The molecule has 0 atom stereocenters. The number of benzene rings is 1. The largest absolute Gasteiger partial charge is 0.496 e. The number of methoxy groups -OCH3 is 1. The highest BCUT2D eigenvalue weighted by molar-refractivity contribution is 9.10. The molecule has 0 saturated heterocycles. The zero-order valence-electron chi connectivity index (χ0n) is 8.03. The second-order valence-corrected chi connectivity index (χ2v) is 7.38. The van der Waals surface area contributed by atoms with E-state index in [1.54, 1.807) is 6.07 Å². The zero-order chi connectivity index (χ0) is 11.9. The van der Waals surface area contributed by atoms with Crippen molar-refractivity contribution < 1.29 is 13.2 Å². The molecule has 0 aliphatic rings. The lowest BCUT2D eigenvalue weighted by atomic mass is 10.2. The van der Waals surface area contributed by atoms with Crippen LogP contribution in [0.5, 0.6) is 5.75 Å². The van der Waals surface area contributed by atoms with Gasteiger partial charge in [-0.1, -0.05) is 15.9 Å². The predicted molar refractivity (Wildman–Crippen MR) is 69.1 cm³/mol. The van der Waals surface area contributed by atoms with Gasteiger partial charge in [-0.05, 0) is 12.1 Å². The molecular formula is C9H6BrClO3S2. The molecule has 2 rings (SSSR count). The van der Waals surface area contributed by atoms with Gasteiger partial charge in [0.2, 0.25) is 0 Å². The fraction of sp³-hybridized carbons (Fsp3) is 0.111. The van der Waals surface area contributed by atoms with E-state index in [-0.39, 0.29) is 4.90 Å². The molecule has 0 aliphatic heterocycles. The molecule has 1 aromatic heterocycles. The third-order valence-corrected chi connectivity index (χ3v) is 4.94. The Morgan fingerprint density at radius 3 is 2.69 bits per heavy atom. The normalized spacial score (nSPS) is 11.9. The van der Waals surface area contributed by atoms with Crippen LogP contribution in [0, 0.1) is 0 Å². The van der Waals surface area contributed by atoms with Crippen molar-refractivity contribution in [2.24, 2.45) is 0 Å². The van der Waals surface area contributed by atoms with Crippen molar-refractivity contribution in [1.29, 1.82) is 0 Å². The number of rotatable bonds is 2. The second kappa shape index (κ2) is 4.18. The standard InChI is InChI=1S/C9H6BrClO3S2/c1-14-6-2-5(10)3-7-9(6)8(4-15-7)16(11,12)13/h2-4H,1H3. The average molecular weight is 342 g/mol. The minimum absolute atomic E-state index is 0.0958. The summed E-state index contributed by atoms with van der Waals surface area (Å²) in [5, 5.41) is 2.05. The number of ether oxygens (including phenoxy) is 1. The highest BCUT2D eigenvalue weighted by Crippen LogP contribution is 2.39. The molecule has 7 heteroatoms. The summed E-state index contributed by atoms with van der Waals surface area (Å²) < 4.78 is 29.5. The Bertz CT molecular complexity index is 648. The lowest BCUT2D eigenvalue weighted by molar-refractivity contribution is 0.419. The Labute approximate surface area is 110 Å². The highest BCUT2D eigenvalue weighted by atomic mass is 79.9. The summed E-state index contributed by atoms with van der Waals surface area (Å²) in [6.45, 7) is 0. The summed E-state index contributed by atoms with van der Waals surface area (Å²) in [4.78, 5) is 0.0958. The van der Waals surface area contributed by atoms with Crippen LogP contribution in [-0.2, 0) is 9.05 Å². The maximum Gasteiger partial charge on any atom is 0.262 e. The number of halogens is 2. The fourth-order valence-electron chi connectivity index (χ4n) is 1.41. The van der Waals surface area contributed by atoms with Gasteiger partial charge in [0.25, 0.3) is 9.05 Å². The molecule has 0 fully saturated rings. The third kappa shape index (κ3) is 2.07. The van der Waals surface area contributed by atoms with E-state index in [1.807, 2.05) is 6.07 Å². The molecule has 86 valence electrons. The van der Waals surface area contributed by atoms with Crippen LogP contribution in [0.15, 0.2) is 26.9 Å². The number of fused-ring (bicyclic) bond motifs is 1. The van der Waals surface area contributed by atoms with E-state index in [4.69, 9.17) is 15.4 Å². The van der Waals surface area contributed by atoms with Gasteiger partial charge in [0, 0.05) is 25.2 Å². The van der Waals surface area contributed by atoms with Crippen molar-refractivity contribution in [3.8, 4) is 5.75 Å². The Morgan fingerprint density at radius 1 is 1.44 bits per heavy atom. The Kier molecular flexibility index (Phi) is 3.18. The van der Waals surface area contributed by atoms with E-state index in [2.05, 4.69) is 15.9 Å². The Balaban J connectivity index is 2.91. The van der Waals surface area contributed by atoms with Crippen LogP contribution in [0.2, 0.25) is 0 Å². The first kappa shape index (κ1) is 12.2. The minimum Gasteiger partial charge on any atom is -0.496 e. The Hall–Kier alpha value is -0.300. The lowest BCUT2D eigenvalue weighted by Gasteiger charge is -2.04. The van der Waals surface area contributed by atoms with Gasteiger partial charge in [-0.15, -0.1) is 11.3 Å². The molecule has 0 bridgehead atoms. The molecule has 16 heavy (non-hydrogen) atoms. The summed E-state index contributed by atoms with van der Waals surface area (Å²) in [7, 11) is 3.10. The van der Waals surface area contributed by atoms with Crippen LogP contribution >= 0.6 is 37.9 Å². The minimum atomic E-state index is -3.74. The number of hydrogen-bond donors (Lipinski definition) is 0. The van der Waals surface area contributed by atoms with Gasteiger partial charge in [0.05, 0.1) is 12.5 Å². The van der Waals surface area contributed by atoms with Gasteiger partial charge in [0.1, 0.15) is 10.6 Å². The van der Waals surface area contributed by atoms with Crippen LogP contribution < -0.4 is 4.74 Å². The molecule has 1 aromatic carbocycles. The quantitative estimate of drug-likeness (QED) is 0.784. The van der Waals surface area contributed by atoms with Gasteiger partial charge in [0.15, 0.2) is 0 Å². The molecule has 0 unspecified atom stereocenters. The maximum absolute atomic E-state index is 11.4. The average Bonchev–Trinajstić information content (AvgIpc) is 2.59. The molecular weight excluding hydrogens is 336 g/mol. The van der Waals surface area contributed by atoms with Crippen LogP contribution in [0.1, 0.15) is 0 Å². The monoisotopic (exact) mass is 340 g/mol. The van der Waals surface area contributed by atoms with E-state index in [9.17, 15) is 8.42 Å². The van der Waals surface area contributed by atoms with Crippen LogP contribution in [0.3, 0.4) is 0 Å². The maximum atomic E-state index is 11.4. The van der Waals surface area contributed by atoms with Crippen molar-refractivity contribution in [2.45, 2.75) is 4.90 Å². The topological polar surface area (TPSA) is 43.4 Å². The summed E-state index contributed by atoms with van der Waals surface area (Å²) >= 11 is 4.64. The van der Waals surface area contributed by atoms with Crippen LogP contribution in [0.4, 0.5) is 0 Å².